The van der Waals surface area contributed by atoms with Gasteiger partial charge in [-0.05, 0) is 43.3 Å². The van der Waals surface area contributed by atoms with Crippen LogP contribution in [0.3, 0.4) is 0 Å². The summed E-state index contributed by atoms with van der Waals surface area (Å²) in [5.74, 6) is 1.15. The summed E-state index contributed by atoms with van der Waals surface area (Å²) in [6, 6.07) is 12.1. The number of aromatic nitrogens is 1. The van der Waals surface area contributed by atoms with Gasteiger partial charge in [-0.15, -0.1) is 11.3 Å². The normalized spacial score (nSPS) is 10.4. The molecule has 1 aromatic heterocycles. The number of benzene rings is 2. The number of Topliss-reactive ketones (excluding diaryl/α,β-unsaturated/α-hetero) is 1. The van der Waals surface area contributed by atoms with E-state index in [9.17, 15) is 9.59 Å². The zero-order valence-electron chi connectivity index (χ0n) is 16.8. The van der Waals surface area contributed by atoms with Crippen LogP contribution in [-0.2, 0) is 16.1 Å². The van der Waals surface area contributed by atoms with Crippen LogP contribution in [0.15, 0.2) is 47.8 Å². The lowest BCUT2D eigenvalue weighted by Crippen LogP contribution is -2.14. The maximum Gasteiger partial charge on any atom is 0.344 e. The zero-order chi connectivity index (χ0) is 21.5. The van der Waals surface area contributed by atoms with Gasteiger partial charge in [-0.3, -0.25) is 4.79 Å². The third-order valence-electron chi connectivity index (χ3n) is 4.18. The fraction of sp³-hybridized carbons (Fsp3) is 0.227. The average molecular weight is 427 g/mol. The van der Waals surface area contributed by atoms with Crippen LogP contribution in [0, 0.1) is 0 Å². The molecule has 8 heteroatoms. The van der Waals surface area contributed by atoms with Gasteiger partial charge < -0.3 is 18.9 Å². The second-order valence-corrected chi connectivity index (χ2v) is 7.07. The Morgan fingerprint density at radius 3 is 2.47 bits per heavy atom. The van der Waals surface area contributed by atoms with Crippen molar-refractivity contribution in [3.63, 3.8) is 0 Å². The Bertz CT molecular complexity index is 1030. The number of methoxy groups -OCH3 is 2. The molecule has 0 radical (unpaired) electrons. The van der Waals surface area contributed by atoms with E-state index in [1.807, 2.05) is 23.6 Å². The molecule has 0 saturated heterocycles. The van der Waals surface area contributed by atoms with Crippen LogP contribution in [0.4, 0.5) is 0 Å². The van der Waals surface area contributed by atoms with Crippen LogP contribution in [0.5, 0.6) is 17.2 Å². The van der Waals surface area contributed by atoms with Crippen LogP contribution in [-0.4, -0.2) is 37.6 Å². The van der Waals surface area contributed by atoms with E-state index in [2.05, 4.69) is 4.98 Å². The first-order valence-electron chi connectivity index (χ1n) is 9.07. The van der Waals surface area contributed by atoms with Crippen molar-refractivity contribution in [1.29, 1.82) is 0 Å². The Morgan fingerprint density at radius 1 is 1.03 bits per heavy atom. The number of nitrogens with zero attached hydrogens (tertiary/aromatic N) is 1. The van der Waals surface area contributed by atoms with E-state index in [0.717, 1.165) is 10.6 Å². The number of hydrogen-bond donors (Lipinski definition) is 0. The van der Waals surface area contributed by atoms with Gasteiger partial charge in [0.25, 0.3) is 0 Å². The molecule has 0 unspecified atom stereocenters. The SMILES string of the molecule is COc1cccc(-c2nc(COC(=O)COc3ccc(C(C)=O)cc3)cs2)c1OC. The maximum atomic E-state index is 12.0. The van der Waals surface area contributed by atoms with Crippen molar-refractivity contribution < 1.29 is 28.5 Å². The number of ketones is 1. The number of thiazole rings is 1. The first kappa shape index (κ1) is 21.3. The molecule has 0 spiro atoms. The Morgan fingerprint density at radius 2 is 1.80 bits per heavy atom. The minimum atomic E-state index is -0.515. The molecule has 0 N–H and O–H groups in total. The molecule has 2 aromatic carbocycles. The molecule has 1 heterocycles. The van der Waals surface area contributed by atoms with Gasteiger partial charge in [0.05, 0.1) is 25.5 Å². The van der Waals surface area contributed by atoms with Gasteiger partial charge in [-0.1, -0.05) is 6.07 Å². The highest BCUT2D eigenvalue weighted by Crippen LogP contribution is 2.39. The molecule has 0 bridgehead atoms. The first-order chi connectivity index (χ1) is 14.5. The second kappa shape index (κ2) is 9.89. The smallest absolute Gasteiger partial charge is 0.344 e. The van der Waals surface area contributed by atoms with Crippen molar-refractivity contribution in [1.82, 2.24) is 4.98 Å². The number of para-hydroxylation sites is 1. The third-order valence-corrected chi connectivity index (χ3v) is 5.11. The summed E-state index contributed by atoms with van der Waals surface area (Å²) in [4.78, 5) is 27.7. The molecule has 0 aliphatic heterocycles. The fourth-order valence-electron chi connectivity index (χ4n) is 2.68. The minimum absolute atomic E-state index is 0.0323. The Labute approximate surface area is 178 Å². The highest BCUT2D eigenvalue weighted by Gasteiger charge is 2.15. The fourth-order valence-corrected chi connectivity index (χ4v) is 3.50. The van der Waals surface area contributed by atoms with E-state index in [0.29, 0.717) is 28.5 Å². The first-order valence-corrected chi connectivity index (χ1v) is 9.95. The summed E-state index contributed by atoms with van der Waals surface area (Å²) in [7, 11) is 3.15. The van der Waals surface area contributed by atoms with Crippen molar-refractivity contribution in [3.8, 4) is 27.8 Å². The summed E-state index contributed by atoms with van der Waals surface area (Å²) in [5, 5.41) is 2.56. The number of carbonyl (C=O) groups is 2. The Balaban J connectivity index is 1.55. The third kappa shape index (κ3) is 5.15. The summed E-state index contributed by atoms with van der Waals surface area (Å²) in [6.07, 6.45) is 0. The largest absolute Gasteiger partial charge is 0.493 e. The molecule has 3 rings (SSSR count). The molecule has 0 atom stereocenters. The number of ether oxygens (including phenoxy) is 4. The van der Waals surface area contributed by atoms with Gasteiger partial charge in [0.1, 0.15) is 17.4 Å². The van der Waals surface area contributed by atoms with Crippen LogP contribution in [0.1, 0.15) is 23.0 Å². The van der Waals surface area contributed by atoms with Crippen molar-refractivity contribution in [2.75, 3.05) is 20.8 Å². The van der Waals surface area contributed by atoms with Gasteiger partial charge in [0.15, 0.2) is 23.9 Å². The maximum absolute atomic E-state index is 12.0. The lowest BCUT2D eigenvalue weighted by atomic mass is 10.1. The van der Waals surface area contributed by atoms with Crippen molar-refractivity contribution in [2.24, 2.45) is 0 Å². The van der Waals surface area contributed by atoms with Gasteiger partial charge in [0.2, 0.25) is 0 Å². The number of esters is 1. The van der Waals surface area contributed by atoms with Gasteiger partial charge in [-0.2, -0.15) is 0 Å². The van der Waals surface area contributed by atoms with Crippen LogP contribution in [0.25, 0.3) is 10.6 Å². The quantitative estimate of drug-likeness (QED) is 0.375. The highest BCUT2D eigenvalue weighted by molar-refractivity contribution is 7.13. The van der Waals surface area contributed by atoms with Crippen LogP contribution >= 0.6 is 11.3 Å². The highest BCUT2D eigenvalue weighted by atomic mass is 32.1. The van der Waals surface area contributed by atoms with E-state index >= 15 is 0 Å². The topological polar surface area (TPSA) is 84.0 Å². The van der Waals surface area contributed by atoms with Gasteiger partial charge in [0, 0.05) is 10.9 Å². The summed E-state index contributed by atoms with van der Waals surface area (Å²) < 4.78 is 21.4. The van der Waals surface area contributed by atoms with Crippen LogP contribution in [0.2, 0.25) is 0 Å². The average Bonchev–Trinajstić information content (AvgIpc) is 3.24. The van der Waals surface area contributed by atoms with Crippen LogP contribution < -0.4 is 14.2 Å². The predicted octanol–water partition coefficient (Wildman–Crippen LogP) is 4.15. The summed E-state index contributed by atoms with van der Waals surface area (Å²) in [5.41, 5.74) is 2.01. The molecule has 156 valence electrons. The van der Waals surface area contributed by atoms with E-state index < -0.39 is 5.97 Å². The van der Waals surface area contributed by atoms with E-state index in [1.54, 1.807) is 38.5 Å². The lowest BCUT2D eigenvalue weighted by Gasteiger charge is -2.10. The van der Waals surface area contributed by atoms with E-state index in [4.69, 9.17) is 18.9 Å². The summed E-state index contributed by atoms with van der Waals surface area (Å²) in [6.45, 7) is 1.29. The molecular weight excluding hydrogens is 406 g/mol. The number of carbonyl (C=O) groups excluding carboxylic acids is 2. The van der Waals surface area contributed by atoms with Crippen molar-refractivity contribution in [3.05, 3.63) is 59.1 Å². The molecule has 7 nitrogen and oxygen atoms in total. The van der Waals surface area contributed by atoms with Crippen molar-refractivity contribution >= 4 is 23.1 Å². The van der Waals surface area contributed by atoms with Gasteiger partial charge in [-0.25, -0.2) is 9.78 Å². The minimum Gasteiger partial charge on any atom is -0.493 e. The molecule has 0 amide bonds. The molecule has 3 aromatic rings. The molecule has 0 saturated carbocycles. The molecule has 0 fully saturated rings. The standard InChI is InChI=1S/C22H21NO6S/c1-14(24)15-7-9-17(10-8-15)28-12-20(25)29-11-16-13-30-22(23-16)18-5-4-6-19(26-2)21(18)27-3/h4-10,13H,11-12H2,1-3H3. The number of rotatable bonds is 9. The zero-order valence-corrected chi connectivity index (χ0v) is 17.7. The number of hydrogen-bond acceptors (Lipinski definition) is 8. The second-order valence-electron chi connectivity index (χ2n) is 6.21. The lowest BCUT2D eigenvalue weighted by molar-refractivity contribution is -0.147. The molecule has 0 aliphatic rings. The molecule has 30 heavy (non-hydrogen) atoms. The molecular formula is C22H21NO6S. The Hall–Kier alpha value is -3.39. The van der Waals surface area contributed by atoms with Gasteiger partial charge >= 0.3 is 5.97 Å². The molecule has 0 aliphatic carbocycles. The van der Waals surface area contributed by atoms with E-state index in [-0.39, 0.29) is 19.0 Å². The van der Waals surface area contributed by atoms with Crippen molar-refractivity contribution in [2.45, 2.75) is 13.5 Å². The summed E-state index contributed by atoms with van der Waals surface area (Å²) >= 11 is 1.42. The monoisotopic (exact) mass is 427 g/mol. The van der Waals surface area contributed by atoms with E-state index in [1.165, 1.54) is 18.3 Å². The Kier molecular flexibility index (Phi) is 7.03. The predicted molar refractivity (Wildman–Crippen MR) is 112 cm³/mol.